The zero-order valence-electron chi connectivity index (χ0n) is 25.1. The van der Waals surface area contributed by atoms with Gasteiger partial charge >= 0.3 is 12.1 Å². The summed E-state index contributed by atoms with van der Waals surface area (Å²) in [7, 11) is 0. The van der Waals surface area contributed by atoms with E-state index in [1.165, 1.54) is 6.42 Å². The van der Waals surface area contributed by atoms with Crippen molar-refractivity contribution in [1.29, 1.82) is 0 Å². The molecule has 1 heterocycles. The van der Waals surface area contributed by atoms with Gasteiger partial charge in [0, 0.05) is 6.42 Å². The second-order valence-electron chi connectivity index (χ2n) is 12.4. The first kappa shape index (κ1) is 32.5. The molecule has 1 aromatic carbocycles. The average molecular weight is 598 g/mol. The Morgan fingerprint density at radius 1 is 1.00 bits per heavy atom. The van der Waals surface area contributed by atoms with Crippen LogP contribution in [0.15, 0.2) is 42.5 Å². The molecular weight excluding hydrogens is 550 g/mol. The first-order chi connectivity index (χ1) is 20.9. The Kier molecular flexibility index (Phi) is 12.4. The third-order valence-electron chi connectivity index (χ3n) is 8.93. The molecule has 2 saturated carbocycles. The highest BCUT2D eigenvalue weighted by atomic mass is 16.6. The van der Waals surface area contributed by atoms with Gasteiger partial charge in [-0.1, -0.05) is 87.4 Å². The number of carbonyl (C=O) groups is 4. The van der Waals surface area contributed by atoms with E-state index in [0.717, 1.165) is 56.9 Å². The van der Waals surface area contributed by atoms with E-state index in [2.05, 4.69) is 16.0 Å². The highest BCUT2D eigenvalue weighted by molar-refractivity contribution is 5.86. The Hall–Kier alpha value is -3.40. The molecule has 0 bridgehead atoms. The number of rotatable bonds is 9. The van der Waals surface area contributed by atoms with Crippen LogP contribution in [0.1, 0.15) is 89.0 Å². The number of cyclic esters (lactones) is 1. The second-order valence-corrected chi connectivity index (χ2v) is 12.4. The van der Waals surface area contributed by atoms with Gasteiger partial charge in [0.05, 0.1) is 24.1 Å². The number of allylic oxidation sites excluding steroid dienone is 1. The predicted molar refractivity (Wildman–Crippen MR) is 161 cm³/mol. The number of ether oxygens (including phenoxy) is 2. The molecule has 4 rings (SSSR count). The predicted octanol–water partition coefficient (Wildman–Crippen LogP) is 4.06. The summed E-state index contributed by atoms with van der Waals surface area (Å²) in [4.78, 5) is 52.2. The molecule has 2 fully saturated rings. The van der Waals surface area contributed by atoms with Crippen LogP contribution in [0.5, 0.6) is 0 Å². The molecule has 0 spiro atoms. The fraction of sp³-hybridized carbons (Fsp3) is 0.636. The Labute approximate surface area is 254 Å². The summed E-state index contributed by atoms with van der Waals surface area (Å²) in [5, 5.41) is 18.7. The van der Waals surface area contributed by atoms with Gasteiger partial charge < -0.3 is 30.5 Å². The molecule has 0 radical (unpaired) electrons. The second kappa shape index (κ2) is 16.4. The molecule has 0 unspecified atom stereocenters. The van der Waals surface area contributed by atoms with E-state index in [-0.39, 0.29) is 44.5 Å². The van der Waals surface area contributed by atoms with E-state index in [4.69, 9.17) is 9.47 Å². The third-order valence-corrected chi connectivity index (χ3v) is 8.93. The molecule has 3 aliphatic rings. The molecule has 3 amide bonds. The number of hydrogen-bond acceptors (Lipinski definition) is 7. The van der Waals surface area contributed by atoms with Gasteiger partial charge in [-0.15, -0.1) is 0 Å². The summed E-state index contributed by atoms with van der Waals surface area (Å²) in [5.41, 5.74) is 0.216. The number of benzene rings is 1. The van der Waals surface area contributed by atoms with E-state index in [9.17, 15) is 24.3 Å². The number of nitrogens with one attached hydrogen (secondary N) is 3. The minimum atomic E-state index is -0.960. The van der Waals surface area contributed by atoms with Crippen LogP contribution >= 0.6 is 0 Å². The van der Waals surface area contributed by atoms with Crippen LogP contribution in [0.4, 0.5) is 4.79 Å². The third kappa shape index (κ3) is 10.4. The largest absolute Gasteiger partial charge is 0.462 e. The van der Waals surface area contributed by atoms with E-state index in [1.807, 2.05) is 30.3 Å². The van der Waals surface area contributed by atoms with Crippen molar-refractivity contribution in [3.05, 3.63) is 48.0 Å². The summed E-state index contributed by atoms with van der Waals surface area (Å²) < 4.78 is 11.0. The van der Waals surface area contributed by atoms with Crippen LogP contribution in [-0.4, -0.2) is 59.8 Å². The smallest absolute Gasteiger partial charge is 0.408 e. The Bertz CT molecular complexity index is 1100. The molecule has 4 N–H and O–H groups in total. The van der Waals surface area contributed by atoms with Crippen molar-refractivity contribution in [2.45, 2.75) is 108 Å². The normalized spacial score (nSPS) is 25.0. The Morgan fingerprint density at radius 3 is 2.44 bits per heavy atom. The fourth-order valence-electron chi connectivity index (χ4n) is 6.44. The molecule has 1 aromatic rings. The molecule has 1 aliphatic heterocycles. The van der Waals surface area contributed by atoms with Crippen LogP contribution in [0.3, 0.4) is 0 Å². The lowest BCUT2D eigenvalue weighted by Gasteiger charge is -2.30. The number of aliphatic hydroxyl groups is 1. The monoisotopic (exact) mass is 597 g/mol. The number of carbonyl (C=O) groups excluding carboxylic acids is 4. The van der Waals surface area contributed by atoms with Gasteiger partial charge in [0.2, 0.25) is 11.8 Å². The Balaban J connectivity index is 1.43. The van der Waals surface area contributed by atoms with E-state index >= 15 is 0 Å². The Morgan fingerprint density at radius 2 is 1.72 bits per heavy atom. The van der Waals surface area contributed by atoms with Gasteiger partial charge in [-0.2, -0.15) is 0 Å². The van der Waals surface area contributed by atoms with E-state index in [1.54, 1.807) is 12.2 Å². The molecule has 236 valence electrons. The van der Waals surface area contributed by atoms with Crippen molar-refractivity contribution in [3.63, 3.8) is 0 Å². The van der Waals surface area contributed by atoms with Crippen molar-refractivity contribution in [2.75, 3.05) is 13.2 Å². The number of esters is 1. The molecule has 10 heteroatoms. The van der Waals surface area contributed by atoms with Crippen molar-refractivity contribution in [1.82, 2.24) is 16.0 Å². The summed E-state index contributed by atoms with van der Waals surface area (Å²) in [6.45, 7) is -0.0673. The van der Waals surface area contributed by atoms with Crippen LogP contribution in [0, 0.1) is 11.8 Å². The average Bonchev–Trinajstić information content (AvgIpc) is 3.48. The first-order valence-corrected chi connectivity index (χ1v) is 15.9. The highest BCUT2D eigenvalue weighted by Gasteiger charge is 2.36. The summed E-state index contributed by atoms with van der Waals surface area (Å²) in [5.74, 6) is -1.31. The molecule has 0 saturated heterocycles. The van der Waals surface area contributed by atoms with Gasteiger partial charge in [-0.25, -0.2) is 9.59 Å². The van der Waals surface area contributed by atoms with Crippen LogP contribution in [0.25, 0.3) is 0 Å². The van der Waals surface area contributed by atoms with Crippen LogP contribution in [0.2, 0.25) is 0 Å². The number of hydrogen-bond donors (Lipinski definition) is 4. The highest BCUT2D eigenvalue weighted by Crippen LogP contribution is 2.30. The summed E-state index contributed by atoms with van der Waals surface area (Å²) in [6.07, 6.45) is 12.8. The molecule has 10 nitrogen and oxygen atoms in total. The van der Waals surface area contributed by atoms with E-state index < -0.39 is 35.6 Å². The van der Waals surface area contributed by atoms with Crippen LogP contribution in [-0.2, 0) is 30.5 Å². The standard InChI is InChI=1S/C33H47N3O7/c37-23-33(17-9-10-18-33)36-29(38)20-26-15-7-8-16-28(35-32(41)43-21-25-13-5-2-6-14-25)31(40)42-22-27(34-30(26)39)19-24-11-3-1-4-12-24/h2,5-8,13-14,24,26-28,37H,1,3-4,9-12,15-23H2,(H,34,39)(H,35,41)(H,36,38)/t26-,27+,28-/m1/s1. The van der Waals surface area contributed by atoms with Gasteiger partial charge in [-0.05, 0) is 43.6 Å². The van der Waals surface area contributed by atoms with Gasteiger partial charge in [-0.3, -0.25) is 9.59 Å². The molecule has 0 aromatic heterocycles. The lowest BCUT2D eigenvalue weighted by atomic mass is 9.84. The topological polar surface area (TPSA) is 143 Å². The van der Waals surface area contributed by atoms with Crippen molar-refractivity contribution in [3.8, 4) is 0 Å². The quantitative estimate of drug-likeness (QED) is 0.248. The molecule has 2 aliphatic carbocycles. The van der Waals surface area contributed by atoms with Gasteiger partial charge in [0.25, 0.3) is 0 Å². The van der Waals surface area contributed by atoms with Crippen molar-refractivity contribution < 1.29 is 33.8 Å². The number of amides is 3. The summed E-state index contributed by atoms with van der Waals surface area (Å²) >= 11 is 0. The molecular formula is C33H47N3O7. The van der Waals surface area contributed by atoms with Gasteiger partial charge in [0.1, 0.15) is 19.3 Å². The SMILES string of the molecule is O=C(C[C@H]1CC=CC[C@@H](NC(=O)OCc2ccccc2)C(=O)OC[C@H](CC2CCCCC2)NC1=O)NC1(CO)CCCC1. The van der Waals surface area contributed by atoms with Crippen molar-refractivity contribution in [2.24, 2.45) is 11.8 Å². The van der Waals surface area contributed by atoms with Crippen molar-refractivity contribution >= 4 is 23.9 Å². The zero-order valence-corrected chi connectivity index (χ0v) is 25.1. The lowest BCUT2D eigenvalue weighted by molar-refractivity contribution is -0.147. The lowest BCUT2D eigenvalue weighted by Crippen LogP contribution is -2.50. The number of alkyl carbamates (subject to hydrolysis) is 1. The van der Waals surface area contributed by atoms with Gasteiger partial charge in [0.15, 0.2) is 0 Å². The minimum absolute atomic E-state index is 0.0125. The minimum Gasteiger partial charge on any atom is -0.462 e. The first-order valence-electron chi connectivity index (χ1n) is 15.9. The maximum absolute atomic E-state index is 13.5. The van der Waals surface area contributed by atoms with E-state index in [0.29, 0.717) is 18.8 Å². The number of aliphatic hydroxyl groups excluding tert-OH is 1. The zero-order chi connectivity index (χ0) is 30.5. The summed E-state index contributed by atoms with van der Waals surface area (Å²) in [6, 6.07) is 7.90. The maximum Gasteiger partial charge on any atom is 0.408 e. The maximum atomic E-state index is 13.5. The molecule has 43 heavy (non-hydrogen) atoms. The fourth-order valence-corrected chi connectivity index (χ4v) is 6.44. The molecule has 3 atom stereocenters. The van der Waals surface area contributed by atoms with Crippen LogP contribution < -0.4 is 16.0 Å².